The molecule has 1 aliphatic heterocycles. The molecule has 1 N–H and O–H groups in total. The maximum atomic E-state index is 11.2. The Morgan fingerprint density at radius 2 is 1.73 bits per heavy atom. The molecule has 0 spiro atoms. The van der Waals surface area contributed by atoms with Crippen LogP contribution >= 0.6 is 0 Å². The summed E-state index contributed by atoms with van der Waals surface area (Å²) in [6.45, 7) is 9.56. The lowest BCUT2D eigenvalue weighted by molar-refractivity contribution is 0.0626. The second kappa shape index (κ2) is 2.69. The number of fused-ring (bicyclic) bond motifs is 2. The smallest absolute Gasteiger partial charge is 0.407 e. The SMILES string of the molecule is CC1(C)CC2(C)CN(C(=O)O)C(C)(C1)C2. The van der Waals surface area contributed by atoms with Crippen molar-refractivity contribution >= 4 is 6.09 Å². The molecule has 2 rings (SSSR count). The van der Waals surface area contributed by atoms with Gasteiger partial charge in [-0.25, -0.2) is 4.79 Å². The number of carboxylic acid groups (broad SMARTS) is 1. The van der Waals surface area contributed by atoms with Gasteiger partial charge in [0.05, 0.1) is 0 Å². The third-order valence-electron chi connectivity index (χ3n) is 3.99. The largest absolute Gasteiger partial charge is 0.465 e. The highest BCUT2D eigenvalue weighted by atomic mass is 16.4. The van der Waals surface area contributed by atoms with Crippen molar-refractivity contribution in [2.45, 2.75) is 52.5 Å². The molecular weight excluding hydrogens is 190 g/mol. The Bertz CT molecular complexity index is 313. The third-order valence-corrected chi connectivity index (χ3v) is 3.99. The molecular formula is C12H21NO2. The zero-order chi connectivity index (χ0) is 11.5. The van der Waals surface area contributed by atoms with E-state index in [0.29, 0.717) is 6.54 Å². The molecule has 2 bridgehead atoms. The topological polar surface area (TPSA) is 40.5 Å². The van der Waals surface area contributed by atoms with Gasteiger partial charge >= 0.3 is 6.09 Å². The molecule has 1 heterocycles. The fourth-order valence-electron chi connectivity index (χ4n) is 4.47. The number of likely N-dealkylation sites (tertiary alicyclic amines) is 1. The van der Waals surface area contributed by atoms with E-state index in [0.717, 1.165) is 19.3 Å². The van der Waals surface area contributed by atoms with Crippen molar-refractivity contribution in [2.24, 2.45) is 10.8 Å². The minimum Gasteiger partial charge on any atom is -0.465 e. The molecule has 3 heteroatoms. The Hall–Kier alpha value is -0.730. The van der Waals surface area contributed by atoms with Gasteiger partial charge in [-0.05, 0) is 37.0 Å². The first-order valence-corrected chi connectivity index (χ1v) is 5.67. The van der Waals surface area contributed by atoms with E-state index < -0.39 is 6.09 Å². The van der Waals surface area contributed by atoms with E-state index in [1.807, 2.05) is 0 Å². The molecule has 1 saturated heterocycles. The van der Waals surface area contributed by atoms with Crippen LogP contribution in [-0.2, 0) is 0 Å². The zero-order valence-corrected chi connectivity index (χ0v) is 10.1. The van der Waals surface area contributed by atoms with Gasteiger partial charge in [0.25, 0.3) is 0 Å². The monoisotopic (exact) mass is 211 g/mol. The van der Waals surface area contributed by atoms with Crippen molar-refractivity contribution in [3.8, 4) is 0 Å². The molecule has 86 valence electrons. The molecule has 2 atom stereocenters. The number of amides is 1. The molecule has 1 aliphatic carbocycles. The van der Waals surface area contributed by atoms with E-state index >= 15 is 0 Å². The van der Waals surface area contributed by atoms with Gasteiger partial charge in [-0.3, -0.25) is 0 Å². The van der Waals surface area contributed by atoms with E-state index in [2.05, 4.69) is 27.7 Å². The minimum absolute atomic E-state index is 0.137. The van der Waals surface area contributed by atoms with Crippen LogP contribution in [0.15, 0.2) is 0 Å². The molecule has 0 aromatic carbocycles. The highest BCUT2D eigenvalue weighted by Crippen LogP contribution is 2.57. The van der Waals surface area contributed by atoms with Crippen LogP contribution in [0.2, 0.25) is 0 Å². The van der Waals surface area contributed by atoms with Crippen molar-refractivity contribution in [3.05, 3.63) is 0 Å². The lowest BCUT2D eigenvalue weighted by Gasteiger charge is -2.45. The molecule has 1 saturated carbocycles. The lowest BCUT2D eigenvalue weighted by Crippen LogP contribution is -2.47. The lowest BCUT2D eigenvalue weighted by atomic mass is 9.61. The van der Waals surface area contributed by atoms with Crippen LogP contribution < -0.4 is 0 Å². The first kappa shape index (κ1) is 10.8. The summed E-state index contributed by atoms with van der Waals surface area (Å²) in [4.78, 5) is 12.9. The van der Waals surface area contributed by atoms with Gasteiger partial charge in [0.2, 0.25) is 0 Å². The molecule has 0 aromatic rings. The summed E-state index contributed by atoms with van der Waals surface area (Å²) in [6.07, 6.45) is 2.40. The second-order valence-corrected chi connectivity index (χ2v) is 6.87. The van der Waals surface area contributed by atoms with E-state index in [1.54, 1.807) is 4.90 Å². The summed E-state index contributed by atoms with van der Waals surface area (Å²) in [7, 11) is 0. The zero-order valence-electron chi connectivity index (χ0n) is 10.1. The van der Waals surface area contributed by atoms with Crippen LogP contribution in [-0.4, -0.2) is 28.2 Å². The summed E-state index contributed by atoms with van der Waals surface area (Å²) in [5.74, 6) is 0. The number of hydrogen-bond acceptors (Lipinski definition) is 1. The van der Waals surface area contributed by atoms with Crippen LogP contribution in [0, 0.1) is 10.8 Å². The molecule has 15 heavy (non-hydrogen) atoms. The summed E-state index contributed by atoms with van der Waals surface area (Å²) >= 11 is 0. The average molecular weight is 211 g/mol. The fraction of sp³-hybridized carbons (Fsp3) is 0.917. The Balaban J connectivity index is 2.36. The molecule has 2 unspecified atom stereocenters. The molecule has 0 aromatic heterocycles. The Morgan fingerprint density at radius 3 is 2.27 bits per heavy atom. The van der Waals surface area contributed by atoms with Gasteiger partial charge in [0.15, 0.2) is 0 Å². The fourth-order valence-corrected chi connectivity index (χ4v) is 4.47. The number of hydrogen-bond donors (Lipinski definition) is 1. The van der Waals surface area contributed by atoms with Crippen molar-refractivity contribution < 1.29 is 9.90 Å². The third kappa shape index (κ3) is 1.62. The van der Waals surface area contributed by atoms with E-state index in [9.17, 15) is 9.90 Å². The number of nitrogens with zero attached hydrogens (tertiary/aromatic N) is 1. The second-order valence-electron chi connectivity index (χ2n) is 6.87. The quantitative estimate of drug-likeness (QED) is 0.669. The van der Waals surface area contributed by atoms with Crippen LogP contribution in [0.25, 0.3) is 0 Å². The summed E-state index contributed by atoms with van der Waals surface area (Å²) in [5, 5.41) is 9.24. The molecule has 2 fully saturated rings. The first-order chi connectivity index (χ1) is 6.66. The Labute approximate surface area is 91.5 Å². The highest BCUT2D eigenvalue weighted by Gasteiger charge is 2.57. The van der Waals surface area contributed by atoms with Crippen molar-refractivity contribution in [1.29, 1.82) is 0 Å². The highest BCUT2D eigenvalue weighted by molar-refractivity contribution is 5.67. The Kier molecular flexibility index (Phi) is 1.93. The maximum absolute atomic E-state index is 11.2. The van der Waals surface area contributed by atoms with Gasteiger partial charge in [-0.2, -0.15) is 0 Å². The predicted molar refractivity (Wildman–Crippen MR) is 58.9 cm³/mol. The van der Waals surface area contributed by atoms with Gasteiger partial charge < -0.3 is 10.0 Å². The number of carbonyl (C=O) groups is 1. The van der Waals surface area contributed by atoms with Crippen LogP contribution in [0.4, 0.5) is 4.79 Å². The minimum atomic E-state index is -0.751. The Morgan fingerprint density at radius 1 is 1.13 bits per heavy atom. The van der Waals surface area contributed by atoms with Crippen LogP contribution in [0.1, 0.15) is 47.0 Å². The van der Waals surface area contributed by atoms with Gasteiger partial charge in [0.1, 0.15) is 0 Å². The van der Waals surface area contributed by atoms with E-state index in [1.165, 1.54) is 0 Å². The van der Waals surface area contributed by atoms with Crippen molar-refractivity contribution in [2.75, 3.05) is 6.54 Å². The maximum Gasteiger partial charge on any atom is 0.407 e. The summed E-state index contributed by atoms with van der Waals surface area (Å²) in [5.41, 5.74) is 0.323. The van der Waals surface area contributed by atoms with Crippen molar-refractivity contribution in [3.63, 3.8) is 0 Å². The van der Waals surface area contributed by atoms with Crippen LogP contribution in [0.5, 0.6) is 0 Å². The first-order valence-electron chi connectivity index (χ1n) is 5.67. The molecule has 3 nitrogen and oxygen atoms in total. The van der Waals surface area contributed by atoms with Gasteiger partial charge in [-0.15, -0.1) is 0 Å². The van der Waals surface area contributed by atoms with E-state index in [4.69, 9.17) is 0 Å². The normalized spacial score (nSPS) is 43.1. The average Bonchev–Trinajstić information content (AvgIpc) is 2.13. The van der Waals surface area contributed by atoms with Gasteiger partial charge in [-0.1, -0.05) is 20.8 Å². The van der Waals surface area contributed by atoms with Gasteiger partial charge in [0, 0.05) is 12.1 Å². The van der Waals surface area contributed by atoms with Crippen LogP contribution in [0.3, 0.4) is 0 Å². The van der Waals surface area contributed by atoms with Crippen molar-refractivity contribution in [1.82, 2.24) is 4.90 Å². The standard InChI is InChI=1S/C12H21NO2/c1-10(2)5-11(3)7-12(4,6-10)13(8-11)9(14)15/h5-8H2,1-4H3,(H,14,15). The summed E-state index contributed by atoms with van der Waals surface area (Å²) < 4.78 is 0. The molecule has 1 amide bonds. The predicted octanol–water partition coefficient (Wildman–Crippen LogP) is 2.96. The van der Waals surface area contributed by atoms with E-state index in [-0.39, 0.29) is 16.4 Å². The number of rotatable bonds is 0. The molecule has 2 aliphatic rings. The molecule has 0 radical (unpaired) electrons. The summed E-state index contributed by atoms with van der Waals surface area (Å²) in [6, 6.07) is 0.